The summed E-state index contributed by atoms with van der Waals surface area (Å²) in [4.78, 5) is 13.6. The van der Waals surface area contributed by atoms with Crippen molar-refractivity contribution in [3.63, 3.8) is 0 Å². The molecule has 4 heteroatoms. The van der Waals surface area contributed by atoms with E-state index < -0.39 is 0 Å². The van der Waals surface area contributed by atoms with Gasteiger partial charge in [-0.1, -0.05) is 12.1 Å². The molecule has 0 aliphatic carbocycles. The zero-order chi connectivity index (χ0) is 13.8. The lowest BCUT2D eigenvalue weighted by Crippen LogP contribution is -2.26. The molecule has 2 rings (SSSR count). The number of rotatable bonds is 5. The Morgan fingerprint density at radius 3 is 2.95 bits per heavy atom. The van der Waals surface area contributed by atoms with Crippen LogP contribution in [0.1, 0.15) is 30.9 Å². The molecule has 0 saturated carbocycles. The number of nitrogens with zero attached hydrogens (tertiary/aromatic N) is 1. The second kappa shape index (κ2) is 6.17. The molecule has 0 bridgehead atoms. The van der Waals surface area contributed by atoms with Gasteiger partial charge in [0, 0.05) is 24.7 Å². The highest BCUT2D eigenvalue weighted by Crippen LogP contribution is 2.23. The van der Waals surface area contributed by atoms with Crippen molar-refractivity contribution in [1.82, 2.24) is 4.90 Å². The van der Waals surface area contributed by atoms with E-state index in [1.165, 1.54) is 11.1 Å². The Hall–Kier alpha value is -1.39. The van der Waals surface area contributed by atoms with Crippen LogP contribution in [0.4, 0.5) is 5.69 Å². The van der Waals surface area contributed by atoms with E-state index in [2.05, 4.69) is 29.4 Å². The summed E-state index contributed by atoms with van der Waals surface area (Å²) in [6.07, 6.45) is 2.45. The first-order chi connectivity index (χ1) is 9.04. The molecular formula is C15H23N3O. The Morgan fingerprint density at radius 2 is 2.21 bits per heavy atom. The molecule has 1 aromatic rings. The third kappa shape index (κ3) is 4.04. The fourth-order valence-corrected chi connectivity index (χ4v) is 2.35. The van der Waals surface area contributed by atoms with Gasteiger partial charge in [-0.05, 0) is 50.6 Å². The van der Waals surface area contributed by atoms with Crippen molar-refractivity contribution < 1.29 is 4.79 Å². The number of nitrogens with one attached hydrogen (secondary N) is 1. The van der Waals surface area contributed by atoms with Gasteiger partial charge in [-0.25, -0.2) is 0 Å². The van der Waals surface area contributed by atoms with Crippen molar-refractivity contribution in [1.29, 1.82) is 0 Å². The number of hydrogen-bond donors (Lipinski definition) is 2. The van der Waals surface area contributed by atoms with Gasteiger partial charge in [0.15, 0.2) is 0 Å². The molecule has 0 fully saturated rings. The molecule has 1 heterocycles. The number of benzene rings is 1. The van der Waals surface area contributed by atoms with E-state index in [0.29, 0.717) is 6.42 Å². The Morgan fingerprint density at radius 1 is 1.42 bits per heavy atom. The van der Waals surface area contributed by atoms with Crippen molar-refractivity contribution in [2.45, 2.75) is 38.8 Å². The van der Waals surface area contributed by atoms with E-state index in [9.17, 15) is 4.79 Å². The van der Waals surface area contributed by atoms with E-state index in [0.717, 1.165) is 31.6 Å². The molecular weight excluding hydrogens is 238 g/mol. The van der Waals surface area contributed by atoms with Crippen LogP contribution in [0.3, 0.4) is 0 Å². The third-order valence-corrected chi connectivity index (χ3v) is 3.48. The summed E-state index contributed by atoms with van der Waals surface area (Å²) in [6, 6.07) is 6.56. The van der Waals surface area contributed by atoms with Gasteiger partial charge in [0.2, 0.25) is 5.91 Å². The molecule has 19 heavy (non-hydrogen) atoms. The number of aryl methyl sites for hydroxylation is 1. The zero-order valence-corrected chi connectivity index (χ0v) is 11.8. The normalized spacial score (nSPS) is 16.1. The average molecular weight is 261 g/mol. The average Bonchev–Trinajstić information content (AvgIpc) is 2.36. The van der Waals surface area contributed by atoms with E-state index in [4.69, 9.17) is 5.73 Å². The predicted molar refractivity (Wildman–Crippen MR) is 78.0 cm³/mol. The topological polar surface area (TPSA) is 58.4 Å². The Labute approximate surface area is 115 Å². The largest absolute Gasteiger partial charge is 0.328 e. The second-order valence-electron chi connectivity index (χ2n) is 5.54. The number of hydrogen-bond acceptors (Lipinski definition) is 3. The molecule has 1 aliphatic heterocycles. The van der Waals surface area contributed by atoms with Gasteiger partial charge in [-0.2, -0.15) is 0 Å². The van der Waals surface area contributed by atoms with Crippen LogP contribution in [-0.4, -0.2) is 30.4 Å². The summed E-state index contributed by atoms with van der Waals surface area (Å²) in [5.74, 6) is 0.120. The Kier molecular flexibility index (Phi) is 4.56. The third-order valence-electron chi connectivity index (χ3n) is 3.48. The summed E-state index contributed by atoms with van der Waals surface area (Å²) in [5, 5.41) is 2.91. The van der Waals surface area contributed by atoms with E-state index in [-0.39, 0.29) is 11.9 Å². The minimum atomic E-state index is 0.120. The first-order valence-electron chi connectivity index (χ1n) is 6.90. The number of carbonyl (C=O) groups is 1. The highest BCUT2D eigenvalue weighted by molar-refractivity contribution is 5.93. The van der Waals surface area contributed by atoms with Gasteiger partial charge in [0.05, 0.1) is 0 Å². The minimum Gasteiger partial charge on any atom is -0.328 e. The molecule has 1 unspecified atom stereocenters. The summed E-state index contributed by atoms with van der Waals surface area (Å²) >= 11 is 0. The van der Waals surface area contributed by atoms with E-state index in [1.54, 1.807) is 0 Å². The number of anilines is 1. The lowest BCUT2D eigenvalue weighted by molar-refractivity contribution is -0.116. The second-order valence-corrected chi connectivity index (χ2v) is 5.54. The minimum absolute atomic E-state index is 0.120. The van der Waals surface area contributed by atoms with Crippen LogP contribution in [0.5, 0.6) is 0 Å². The molecule has 1 atom stereocenters. The van der Waals surface area contributed by atoms with Gasteiger partial charge in [0.25, 0.3) is 0 Å². The molecule has 0 aromatic heterocycles. The lowest BCUT2D eigenvalue weighted by Gasteiger charge is -2.21. The van der Waals surface area contributed by atoms with Gasteiger partial charge in [0.1, 0.15) is 0 Å². The molecule has 3 N–H and O–H groups in total. The summed E-state index contributed by atoms with van der Waals surface area (Å²) in [6.45, 7) is 3.97. The highest BCUT2D eigenvalue weighted by Gasteiger charge is 2.14. The Bertz CT molecular complexity index is 457. The first-order valence-corrected chi connectivity index (χ1v) is 6.90. The quantitative estimate of drug-likeness (QED) is 0.849. The van der Waals surface area contributed by atoms with Gasteiger partial charge < -0.3 is 16.0 Å². The molecule has 0 radical (unpaired) electrons. The number of fused-ring (bicyclic) bond motifs is 1. The first kappa shape index (κ1) is 14.0. The number of carbonyl (C=O) groups excluding carboxylic acids is 1. The van der Waals surface area contributed by atoms with Gasteiger partial charge in [-0.15, -0.1) is 0 Å². The molecule has 0 saturated heterocycles. The van der Waals surface area contributed by atoms with Crippen LogP contribution in [0.2, 0.25) is 0 Å². The highest BCUT2D eigenvalue weighted by atomic mass is 16.1. The Balaban J connectivity index is 1.96. The van der Waals surface area contributed by atoms with Crippen LogP contribution < -0.4 is 11.1 Å². The van der Waals surface area contributed by atoms with Crippen molar-refractivity contribution in [2.75, 3.05) is 18.9 Å². The number of amides is 1. The van der Waals surface area contributed by atoms with E-state index in [1.807, 2.05) is 13.0 Å². The van der Waals surface area contributed by atoms with Crippen molar-refractivity contribution in [2.24, 2.45) is 5.73 Å². The fraction of sp³-hybridized carbons (Fsp3) is 0.533. The molecule has 0 spiro atoms. The number of nitrogens with two attached hydrogens (primary N) is 1. The standard InChI is InChI=1S/C15H23N3O/c1-11(16)7-8-18(2)10-12-3-5-14-13(9-12)4-6-15(19)17-14/h3,5,9,11H,4,6-8,10,16H2,1-2H3,(H,17,19). The van der Waals surface area contributed by atoms with Crippen LogP contribution >= 0.6 is 0 Å². The van der Waals surface area contributed by atoms with E-state index >= 15 is 0 Å². The van der Waals surface area contributed by atoms with Crippen molar-refractivity contribution in [3.8, 4) is 0 Å². The molecule has 1 amide bonds. The smallest absolute Gasteiger partial charge is 0.224 e. The molecule has 4 nitrogen and oxygen atoms in total. The molecule has 1 aliphatic rings. The van der Waals surface area contributed by atoms with Crippen molar-refractivity contribution >= 4 is 11.6 Å². The zero-order valence-electron chi connectivity index (χ0n) is 11.8. The maximum absolute atomic E-state index is 11.3. The van der Waals surface area contributed by atoms with Crippen LogP contribution in [0.15, 0.2) is 18.2 Å². The summed E-state index contributed by atoms with van der Waals surface area (Å²) < 4.78 is 0. The molecule has 1 aromatic carbocycles. The predicted octanol–water partition coefficient (Wildman–Crippen LogP) is 1.74. The van der Waals surface area contributed by atoms with Crippen LogP contribution in [0, 0.1) is 0 Å². The monoisotopic (exact) mass is 261 g/mol. The summed E-state index contributed by atoms with van der Waals surface area (Å²) in [5.41, 5.74) is 9.28. The fourth-order valence-electron chi connectivity index (χ4n) is 2.35. The van der Waals surface area contributed by atoms with Crippen LogP contribution in [-0.2, 0) is 17.8 Å². The lowest BCUT2D eigenvalue weighted by atomic mass is 10.0. The summed E-state index contributed by atoms with van der Waals surface area (Å²) in [7, 11) is 2.11. The van der Waals surface area contributed by atoms with Gasteiger partial charge in [-0.3, -0.25) is 4.79 Å². The SMILES string of the molecule is CC(N)CCN(C)Cc1ccc2c(c1)CCC(=O)N2. The maximum atomic E-state index is 11.3. The van der Waals surface area contributed by atoms with Crippen LogP contribution in [0.25, 0.3) is 0 Å². The molecule has 104 valence electrons. The van der Waals surface area contributed by atoms with Crippen molar-refractivity contribution in [3.05, 3.63) is 29.3 Å². The van der Waals surface area contributed by atoms with Gasteiger partial charge >= 0.3 is 0 Å². The maximum Gasteiger partial charge on any atom is 0.224 e.